The standard InChI is InChI=1S/C10H11NO3/c1-6-5-7-3-2-4-11-8(7)10(6,14)9(12)13/h2-4,6,14H,5H2,1H3,(H,12,13). The van der Waals surface area contributed by atoms with Crippen LogP contribution in [-0.4, -0.2) is 21.2 Å². The van der Waals surface area contributed by atoms with Crippen molar-refractivity contribution in [2.24, 2.45) is 5.92 Å². The number of hydrogen-bond acceptors (Lipinski definition) is 3. The van der Waals surface area contributed by atoms with E-state index in [2.05, 4.69) is 4.98 Å². The lowest BCUT2D eigenvalue weighted by Crippen LogP contribution is -2.39. The quantitative estimate of drug-likeness (QED) is 0.683. The van der Waals surface area contributed by atoms with E-state index in [9.17, 15) is 9.90 Å². The molecule has 1 aromatic rings. The van der Waals surface area contributed by atoms with E-state index in [0.29, 0.717) is 12.1 Å². The fourth-order valence-corrected chi connectivity index (χ4v) is 1.97. The van der Waals surface area contributed by atoms with Crippen molar-refractivity contribution in [3.63, 3.8) is 0 Å². The molecule has 0 spiro atoms. The zero-order valence-electron chi connectivity index (χ0n) is 7.77. The van der Waals surface area contributed by atoms with Crippen LogP contribution in [0.5, 0.6) is 0 Å². The Morgan fingerprint density at radius 2 is 2.43 bits per heavy atom. The molecule has 2 atom stereocenters. The summed E-state index contributed by atoms with van der Waals surface area (Å²) in [6.45, 7) is 1.72. The van der Waals surface area contributed by atoms with Crippen LogP contribution in [0.2, 0.25) is 0 Å². The molecule has 1 aliphatic carbocycles. The van der Waals surface area contributed by atoms with Gasteiger partial charge in [0.1, 0.15) is 0 Å². The second-order valence-electron chi connectivity index (χ2n) is 3.69. The predicted octanol–water partition coefficient (Wildman–Crippen LogP) is 0.546. The van der Waals surface area contributed by atoms with Gasteiger partial charge in [0, 0.05) is 12.1 Å². The Kier molecular flexibility index (Phi) is 1.82. The smallest absolute Gasteiger partial charge is 0.342 e. The Hall–Kier alpha value is -1.42. The second-order valence-corrected chi connectivity index (χ2v) is 3.69. The summed E-state index contributed by atoms with van der Waals surface area (Å²) in [6.07, 6.45) is 2.07. The summed E-state index contributed by atoms with van der Waals surface area (Å²) in [5.41, 5.74) is -0.693. The number of carbonyl (C=O) groups is 1. The fourth-order valence-electron chi connectivity index (χ4n) is 1.97. The van der Waals surface area contributed by atoms with Crippen molar-refractivity contribution in [3.05, 3.63) is 29.6 Å². The van der Waals surface area contributed by atoms with E-state index in [1.165, 1.54) is 6.20 Å². The minimum atomic E-state index is -1.81. The lowest BCUT2D eigenvalue weighted by atomic mass is 9.91. The number of aromatic nitrogens is 1. The van der Waals surface area contributed by atoms with Crippen molar-refractivity contribution >= 4 is 5.97 Å². The van der Waals surface area contributed by atoms with Gasteiger partial charge in [0.15, 0.2) is 0 Å². The number of aliphatic hydroxyl groups is 1. The molecule has 14 heavy (non-hydrogen) atoms. The molecule has 4 heteroatoms. The van der Waals surface area contributed by atoms with Crippen molar-refractivity contribution < 1.29 is 15.0 Å². The molecule has 1 heterocycles. The van der Waals surface area contributed by atoms with Gasteiger partial charge in [-0.05, 0) is 18.1 Å². The normalized spacial score (nSPS) is 30.0. The Bertz CT molecular complexity index is 391. The van der Waals surface area contributed by atoms with Crippen LogP contribution in [-0.2, 0) is 16.8 Å². The summed E-state index contributed by atoms with van der Waals surface area (Å²) in [7, 11) is 0. The number of carboxylic acids is 1. The summed E-state index contributed by atoms with van der Waals surface area (Å²) >= 11 is 0. The summed E-state index contributed by atoms with van der Waals surface area (Å²) in [4.78, 5) is 15.0. The van der Waals surface area contributed by atoms with Crippen LogP contribution in [0.3, 0.4) is 0 Å². The summed E-state index contributed by atoms with van der Waals surface area (Å²) in [5, 5.41) is 19.0. The van der Waals surface area contributed by atoms with Gasteiger partial charge in [-0.15, -0.1) is 0 Å². The monoisotopic (exact) mass is 193 g/mol. The topological polar surface area (TPSA) is 70.4 Å². The van der Waals surface area contributed by atoms with Gasteiger partial charge < -0.3 is 10.2 Å². The predicted molar refractivity (Wildman–Crippen MR) is 48.6 cm³/mol. The highest BCUT2D eigenvalue weighted by atomic mass is 16.4. The van der Waals surface area contributed by atoms with Crippen LogP contribution >= 0.6 is 0 Å². The van der Waals surface area contributed by atoms with Crippen LogP contribution in [0, 0.1) is 5.92 Å². The summed E-state index contributed by atoms with van der Waals surface area (Å²) in [6, 6.07) is 3.55. The van der Waals surface area contributed by atoms with Crippen LogP contribution in [0.4, 0.5) is 0 Å². The molecule has 2 N–H and O–H groups in total. The Morgan fingerprint density at radius 1 is 1.71 bits per heavy atom. The van der Waals surface area contributed by atoms with Crippen LogP contribution in [0.25, 0.3) is 0 Å². The minimum Gasteiger partial charge on any atom is -0.479 e. The number of rotatable bonds is 1. The third kappa shape index (κ3) is 0.974. The average molecular weight is 193 g/mol. The molecular formula is C10H11NO3. The van der Waals surface area contributed by atoms with E-state index in [1.54, 1.807) is 19.1 Å². The minimum absolute atomic E-state index is 0.292. The molecule has 1 aromatic heterocycles. The number of hydrogen-bond donors (Lipinski definition) is 2. The summed E-state index contributed by atoms with van der Waals surface area (Å²) < 4.78 is 0. The number of nitrogens with zero attached hydrogens (tertiary/aromatic N) is 1. The first kappa shape index (κ1) is 9.15. The molecule has 4 nitrogen and oxygen atoms in total. The maximum absolute atomic E-state index is 11.0. The maximum atomic E-state index is 11.0. The fraction of sp³-hybridized carbons (Fsp3) is 0.400. The van der Waals surface area contributed by atoms with Gasteiger partial charge in [-0.3, -0.25) is 4.98 Å². The van der Waals surface area contributed by atoms with Crippen LogP contribution in [0.1, 0.15) is 18.2 Å². The number of pyridine rings is 1. The molecule has 0 amide bonds. The lowest BCUT2D eigenvalue weighted by molar-refractivity contribution is -0.164. The summed E-state index contributed by atoms with van der Waals surface area (Å²) in [5.74, 6) is -1.55. The Balaban J connectivity index is 2.60. The molecular weight excluding hydrogens is 182 g/mol. The largest absolute Gasteiger partial charge is 0.479 e. The molecule has 2 unspecified atom stereocenters. The molecule has 0 saturated heterocycles. The van der Waals surface area contributed by atoms with Gasteiger partial charge in [0.2, 0.25) is 5.60 Å². The zero-order chi connectivity index (χ0) is 10.3. The van der Waals surface area contributed by atoms with E-state index in [4.69, 9.17) is 5.11 Å². The molecule has 0 radical (unpaired) electrons. The van der Waals surface area contributed by atoms with E-state index >= 15 is 0 Å². The van der Waals surface area contributed by atoms with Crippen molar-refractivity contribution in [1.82, 2.24) is 4.98 Å². The van der Waals surface area contributed by atoms with Gasteiger partial charge in [-0.25, -0.2) is 4.79 Å². The highest BCUT2D eigenvalue weighted by Crippen LogP contribution is 2.39. The third-order valence-electron chi connectivity index (χ3n) is 2.82. The number of aliphatic carboxylic acids is 1. The van der Waals surface area contributed by atoms with Gasteiger partial charge in [-0.1, -0.05) is 13.0 Å². The van der Waals surface area contributed by atoms with E-state index < -0.39 is 11.6 Å². The highest BCUT2D eigenvalue weighted by Gasteiger charge is 2.50. The molecule has 0 bridgehead atoms. The average Bonchev–Trinajstić information content (AvgIpc) is 2.41. The molecule has 2 rings (SSSR count). The van der Waals surface area contributed by atoms with Gasteiger partial charge in [-0.2, -0.15) is 0 Å². The SMILES string of the molecule is CC1Cc2cccnc2C1(O)C(=O)O. The van der Waals surface area contributed by atoms with Crippen molar-refractivity contribution in [1.29, 1.82) is 0 Å². The van der Waals surface area contributed by atoms with Crippen molar-refractivity contribution in [2.75, 3.05) is 0 Å². The van der Waals surface area contributed by atoms with Crippen LogP contribution < -0.4 is 0 Å². The first-order chi connectivity index (χ1) is 6.56. The maximum Gasteiger partial charge on any atom is 0.342 e. The molecule has 0 aliphatic heterocycles. The van der Waals surface area contributed by atoms with Crippen LogP contribution in [0.15, 0.2) is 18.3 Å². The van der Waals surface area contributed by atoms with Gasteiger partial charge in [0.05, 0.1) is 5.69 Å². The van der Waals surface area contributed by atoms with E-state index in [1.807, 2.05) is 0 Å². The zero-order valence-corrected chi connectivity index (χ0v) is 7.77. The first-order valence-corrected chi connectivity index (χ1v) is 4.47. The third-order valence-corrected chi connectivity index (χ3v) is 2.82. The first-order valence-electron chi connectivity index (χ1n) is 4.47. The van der Waals surface area contributed by atoms with Gasteiger partial charge in [0.25, 0.3) is 0 Å². The van der Waals surface area contributed by atoms with Gasteiger partial charge >= 0.3 is 5.97 Å². The molecule has 0 saturated carbocycles. The van der Waals surface area contributed by atoms with E-state index in [0.717, 1.165) is 5.56 Å². The highest BCUT2D eigenvalue weighted by molar-refractivity contribution is 5.80. The number of fused-ring (bicyclic) bond motifs is 1. The van der Waals surface area contributed by atoms with Crippen molar-refractivity contribution in [3.8, 4) is 0 Å². The molecule has 0 fully saturated rings. The molecule has 1 aliphatic rings. The number of carboxylic acid groups (broad SMARTS) is 1. The lowest BCUT2D eigenvalue weighted by Gasteiger charge is -2.22. The molecule has 74 valence electrons. The molecule has 0 aromatic carbocycles. The Morgan fingerprint density at radius 3 is 3.07 bits per heavy atom. The van der Waals surface area contributed by atoms with E-state index in [-0.39, 0.29) is 5.92 Å². The Labute approximate surface area is 81.2 Å². The second kappa shape index (κ2) is 2.78. The van der Waals surface area contributed by atoms with Crippen molar-refractivity contribution in [2.45, 2.75) is 18.9 Å².